The van der Waals surface area contributed by atoms with Crippen LogP contribution in [0, 0.1) is 0 Å². The summed E-state index contributed by atoms with van der Waals surface area (Å²) in [7, 11) is 0. The predicted octanol–water partition coefficient (Wildman–Crippen LogP) is 2.32. The van der Waals surface area contributed by atoms with E-state index < -0.39 is 0 Å². The number of hydrogen-bond acceptors (Lipinski definition) is 6. The maximum Gasteiger partial charge on any atom is 0.262 e. The molecule has 0 radical (unpaired) electrons. The molecule has 1 saturated heterocycles. The highest BCUT2D eigenvalue weighted by molar-refractivity contribution is 7.13. The van der Waals surface area contributed by atoms with Crippen LogP contribution in [0.4, 0.5) is 10.8 Å². The van der Waals surface area contributed by atoms with Gasteiger partial charge in [0.2, 0.25) is 5.91 Å². The highest BCUT2D eigenvalue weighted by atomic mass is 32.1. The summed E-state index contributed by atoms with van der Waals surface area (Å²) in [5.41, 5.74) is 1.56. The van der Waals surface area contributed by atoms with Crippen LogP contribution in [0.5, 0.6) is 5.75 Å². The molecule has 4 rings (SSSR count). The molecule has 8 heteroatoms. The Hall–Kier alpha value is -2.61. The maximum absolute atomic E-state index is 12.8. The lowest BCUT2D eigenvalue weighted by Crippen LogP contribution is -2.44. The summed E-state index contributed by atoms with van der Waals surface area (Å²) in [5.74, 6) is 0.484. The zero-order valence-electron chi connectivity index (χ0n) is 14.4. The van der Waals surface area contributed by atoms with Gasteiger partial charge in [0.15, 0.2) is 11.7 Å². The first-order valence-corrected chi connectivity index (χ1v) is 9.53. The van der Waals surface area contributed by atoms with Crippen LogP contribution < -0.4 is 20.3 Å². The first-order chi connectivity index (χ1) is 12.6. The molecule has 1 aromatic heterocycles. The van der Waals surface area contributed by atoms with Gasteiger partial charge in [0.1, 0.15) is 11.8 Å². The Bertz CT molecular complexity index is 824. The fourth-order valence-electron chi connectivity index (χ4n) is 3.39. The zero-order chi connectivity index (χ0) is 18.1. The van der Waals surface area contributed by atoms with Gasteiger partial charge in [0, 0.05) is 18.1 Å². The smallest absolute Gasteiger partial charge is 0.262 e. The summed E-state index contributed by atoms with van der Waals surface area (Å²) in [5, 5.41) is 8.71. The maximum atomic E-state index is 12.8. The number of carbonyl (C=O) groups excluding carboxylic acids is 2. The number of aromatic nitrogens is 1. The van der Waals surface area contributed by atoms with Crippen LogP contribution >= 0.6 is 11.3 Å². The van der Waals surface area contributed by atoms with Gasteiger partial charge in [-0.1, -0.05) is 6.07 Å². The molecule has 136 valence electrons. The number of anilines is 2. The molecule has 26 heavy (non-hydrogen) atoms. The summed E-state index contributed by atoms with van der Waals surface area (Å²) in [4.78, 5) is 30.7. The van der Waals surface area contributed by atoms with Gasteiger partial charge in [-0.3, -0.25) is 9.59 Å². The minimum Gasteiger partial charge on any atom is -0.482 e. The minimum atomic E-state index is -0.190. The number of rotatable bonds is 4. The van der Waals surface area contributed by atoms with E-state index in [2.05, 4.69) is 20.5 Å². The van der Waals surface area contributed by atoms with Gasteiger partial charge in [-0.25, -0.2) is 4.98 Å². The van der Waals surface area contributed by atoms with E-state index in [9.17, 15) is 9.59 Å². The normalized spacial score (nSPS) is 20.1. The van der Waals surface area contributed by atoms with Crippen molar-refractivity contribution in [1.29, 1.82) is 0 Å². The van der Waals surface area contributed by atoms with Gasteiger partial charge < -0.3 is 20.3 Å². The number of nitrogens with zero attached hydrogens (tertiary/aromatic N) is 2. The Morgan fingerprint density at radius 3 is 3.19 bits per heavy atom. The Balaban J connectivity index is 1.46. The van der Waals surface area contributed by atoms with Gasteiger partial charge in [0.25, 0.3) is 5.91 Å². The molecule has 0 unspecified atom stereocenters. The van der Waals surface area contributed by atoms with Crippen molar-refractivity contribution >= 4 is 34.0 Å². The molecule has 7 nitrogen and oxygen atoms in total. The van der Waals surface area contributed by atoms with Gasteiger partial charge in [-0.15, -0.1) is 11.3 Å². The number of fused-ring (bicyclic) bond motifs is 1. The monoisotopic (exact) mass is 372 g/mol. The Labute approximate surface area is 155 Å². The van der Waals surface area contributed by atoms with E-state index in [1.165, 1.54) is 0 Å². The second-order valence-electron chi connectivity index (χ2n) is 6.49. The lowest BCUT2D eigenvalue weighted by Gasteiger charge is -2.25. The van der Waals surface area contributed by atoms with Crippen molar-refractivity contribution in [3.63, 3.8) is 0 Å². The molecule has 2 aliphatic rings. The largest absolute Gasteiger partial charge is 0.482 e. The quantitative estimate of drug-likeness (QED) is 0.861. The molecule has 0 spiro atoms. The highest BCUT2D eigenvalue weighted by Gasteiger charge is 2.33. The molecule has 3 heterocycles. The van der Waals surface area contributed by atoms with E-state index in [1.807, 2.05) is 30.5 Å². The molecule has 0 bridgehead atoms. The molecule has 2 aromatic rings. The first-order valence-electron chi connectivity index (χ1n) is 8.65. The topological polar surface area (TPSA) is 83.6 Å². The minimum absolute atomic E-state index is 0.00297. The van der Waals surface area contributed by atoms with Crippen LogP contribution in [0.15, 0.2) is 29.8 Å². The van der Waals surface area contributed by atoms with Crippen LogP contribution in [0.1, 0.15) is 31.4 Å². The summed E-state index contributed by atoms with van der Waals surface area (Å²) in [6.45, 7) is 2.82. The third-order valence-corrected chi connectivity index (χ3v) is 5.52. The number of carbonyl (C=O) groups is 2. The number of thiazole rings is 1. The van der Waals surface area contributed by atoms with Crippen molar-refractivity contribution < 1.29 is 14.3 Å². The fraction of sp³-hybridized carbons (Fsp3) is 0.389. The zero-order valence-corrected chi connectivity index (χ0v) is 15.2. The van der Waals surface area contributed by atoms with E-state index in [1.54, 1.807) is 17.5 Å². The van der Waals surface area contributed by atoms with Crippen LogP contribution in [0.2, 0.25) is 0 Å². The predicted molar refractivity (Wildman–Crippen MR) is 99.6 cm³/mol. The Morgan fingerprint density at radius 1 is 1.50 bits per heavy atom. The number of amides is 2. The molecule has 1 aromatic carbocycles. The SMILES string of the molecule is C[C@@H](NC(=O)[C@@H]1CCCN1c1nccs1)c1ccc2c(c1)NC(=O)CO2. The number of benzene rings is 1. The fourth-order valence-corrected chi connectivity index (χ4v) is 4.11. The highest BCUT2D eigenvalue weighted by Crippen LogP contribution is 2.31. The number of ether oxygens (including phenoxy) is 1. The van der Waals surface area contributed by atoms with Gasteiger partial charge in [0.05, 0.1) is 11.7 Å². The first kappa shape index (κ1) is 16.8. The lowest BCUT2D eigenvalue weighted by atomic mass is 10.1. The summed E-state index contributed by atoms with van der Waals surface area (Å²) >= 11 is 1.55. The van der Waals surface area contributed by atoms with Gasteiger partial charge in [-0.05, 0) is 37.5 Å². The summed E-state index contributed by atoms with van der Waals surface area (Å²) < 4.78 is 5.38. The van der Waals surface area contributed by atoms with Crippen LogP contribution in [-0.4, -0.2) is 36.0 Å². The van der Waals surface area contributed by atoms with Crippen molar-refractivity contribution in [1.82, 2.24) is 10.3 Å². The lowest BCUT2D eigenvalue weighted by molar-refractivity contribution is -0.123. The van der Waals surface area contributed by atoms with E-state index in [-0.39, 0.29) is 30.5 Å². The van der Waals surface area contributed by atoms with Crippen molar-refractivity contribution in [2.75, 3.05) is 23.4 Å². The molecule has 0 aliphatic carbocycles. The van der Waals surface area contributed by atoms with Crippen molar-refractivity contribution in [3.8, 4) is 5.75 Å². The second kappa shape index (κ2) is 6.95. The standard InChI is InChI=1S/C18H20N4O3S/c1-11(12-4-5-15-13(9-12)21-16(23)10-25-15)20-17(24)14-3-2-7-22(14)18-19-6-8-26-18/h4-6,8-9,11,14H,2-3,7,10H2,1H3,(H,20,24)(H,21,23)/t11-,14+/m1/s1. The van der Waals surface area contributed by atoms with E-state index in [4.69, 9.17) is 4.74 Å². The number of hydrogen-bond donors (Lipinski definition) is 2. The van der Waals surface area contributed by atoms with E-state index in [0.717, 1.165) is 30.1 Å². The number of nitrogens with one attached hydrogen (secondary N) is 2. The second-order valence-corrected chi connectivity index (χ2v) is 7.36. The van der Waals surface area contributed by atoms with Crippen LogP contribution in [0.25, 0.3) is 0 Å². The molecule has 0 saturated carbocycles. The van der Waals surface area contributed by atoms with Crippen molar-refractivity contribution in [2.24, 2.45) is 0 Å². The average molecular weight is 372 g/mol. The van der Waals surface area contributed by atoms with Crippen LogP contribution in [-0.2, 0) is 9.59 Å². The van der Waals surface area contributed by atoms with Crippen molar-refractivity contribution in [2.45, 2.75) is 31.8 Å². The van der Waals surface area contributed by atoms with Crippen LogP contribution in [0.3, 0.4) is 0 Å². The molecular formula is C18H20N4O3S. The third kappa shape index (κ3) is 3.24. The Morgan fingerprint density at radius 2 is 2.38 bits per heavy atom. The summed E-state index contributed by atoms with van der Waals surface area (Å²) in [6.07, 6.45) is 3.57. The van der Waals surface area contributed by atoms with Gasteiger partial charge in [-0.2, -0.15) is 0 Å². The van der Waals surface area contributed by atoms with Crippen molar-refractivity contribution in [3.05, 3.63) is 35.3 Å². The molecular weight excluding hydrogens is 352 g/mol. The van der Waals surface area contributed by atoms with Gasteiger partial charge >= 0.3 is 0 Å². The molecule has 2 amide bonds. The molecule has 2 N–H and O–H groups in total. The average Bonchev–Trinajstić information content (AvgIpc) is 3.31. The molecule has 1 fully saturated rings. The third-order valence-electron chi connectivity index (χ3n) is 4.72. The molecule has 2 aliphatic heterocycles. The molecule has 2 atom stereocenters. The van der Waals surface area contributed by atoms with E-state index in [0.29, 0.717) is 11.4 Å². The summed E-state index contributed by atoms with van der Waals surface area (Å²) in [6, 6.07) is 5.22. The Kier molecular flexibility index (Phi) is 4.50. The van der Waals surface area contributed by atoms with E-state index >= 15 is 0 Å².